The van der Waals surface area contributed by atoms with Crippen LogP contribution in [0.15, 0.2) is 24.4 Å². The molecule has 14 heteroatoms. The summed E-state index contributed by atoms with van der Waals surface area (Å²) in [5.41, 5.74) is 4.41. The number of amides is 1. The lowest BCUT2D eigenvalue weighted by Gasteiger charge is -2.30. The molecule has 1 aliphatic heterocycles. The number of carbonyl (C=O) groups is 1. The molecule has 0 spiro atoms. The molecule has 1 amide bonds. The van der Waals surface area contributed by atoms with Gasteiger partial charge >= 0.3 is 6.18 Å². The lowest BCUT2D eigenvalue weighted by molar-refractivity contribution is -0.148. The Balaban J connectivity index is 1.58. The van der Waals surface area contributed by atoms with Crippen molar-refractivity contribution in [1.82, 2.24) is 19.4 Å². The van der Waals surface area contributed by atoms with Gasteiger partial charge in [0.1, 0.15) is 5.82 Å². The largest absolute Gasteiger partial charge is 0.449 e. The molecule has 192 valence electrons. The summed E-state index contributed by atoms with van der Waals surface area (Å²) in [6.07, 6.45) is -4.75. The van der Waals surface area contributed by atoms with Gasteiger partial charge in [-0.1, -0.05) is 0 Å². The zero-order chi connectivity index (χ0) is 26.4. The van der Waals surface area contributed by atoms with Crippen LogP contribution in [0.1, 0.15) is 23.5 Å². The molecule has 6 nitrogen and oxygen atoms in total. The maximum Gasteiger partial charge on any atom is 0.449 e. The fourth-order valence-electron chi connectivity index (χ4n) is 4.04. The summed E-state index contributed by atoms with van der Waals surface area (Å²) < 4.78 is 110. The van der Waals surface area contributed by atoms with E-state index in [1.54, 1.807) is 0 Å². The third kappa shape index (κ3) is 4.90. The summed E-state index contributed by atoms with van der Waals surface area (Å²) in [5, 5.41) is 0. The second kappa shape index (κ2) is 9.48. The maximum absolute atomic E-state index is 14.3. The first-order chi connectivity index (χ1) is 16.9. The molecular weight excluding hydrogens is 502 g/mol. The monoisotopic (exact) mass is 519 g/mol. The maximum atomic E-state index is 14.3. The topological polar surface area (TPSA) is 77.0 Å². The Bertz CT molecular complexity index is 1320. The van der Waals surface area contributed by atoms with E-state index >= 15 is 0 Å². The van der Waals surface area contributed by atoms with E-state index in [1.165, 1.54) is 0 Å². The van der Waals surface area contributed by atoms with Crippen molar-refractivity contribution in [2.45, 2.75) is 38.1 Å². The minimum absolute atomic E-state index is 0.174. The van der Waals surface area contributed by atoms with Gasteiger partial charge in [0, 0.05) is 43.4 Å². The third-order valence-corrected chi connectivity index (χ3v) is 5.72. The molecule has 1 atom stereocenters. The Morgan fingerprint density at radius 1 is 1.06 bits per heavy atom. The van der Waals surface area contributed by atoms with Gasteiger partial charge in [0.2, 0.25) is 17.7 Å². The van der Waals surface area contributed by atoms with Crippen molar-refractivity contribution in [2.75, 3.05) is 6.54 Å². The number of fused-ring (bicyclic) bond motifs is 1. The Hall–Kier alpha value is -3.55. The van der Waals surface area contributed by atoms with Crippen molar-refractivity contribution in [3.05, 3.63) is 70.7 Å². The fraction of sp³-hybridized carbons (Fsp3) is 0.318. The average molecular weight is 519 g/mol. The fourth-order valence-corrected chi connectivity index (χ4v) is 4.04. The Kier molecular flexibility index (Phi) is 6.73. The molecule has 2 N–H and O–H groups in total. The number of imidazole rings is 1. The van der Waals surface area contributed by atoms with Gasteiger partial charge in [-0.2, -0.15) is 17.6 Å². The highest BCUT2D eigenvalue weighted by Gasteiger charge is 2.41. The van der Waals surface area contributed by atoms with Crippen molar-refractivity contribution in [3.8, 4) is 11.3 Å². The quantitative estimate of drug-likeness (QED) is 0.315. The van der Waals surface area contributed by atoms with Crippen molar-refractivity contribution in [2.24, 2.45) is 5.73 Å². The lowest BCUT2D eigenvalue weighted by atomic mass is 10.0. The Morgan fingerprint density at radius 3 is 2.44 bits per heavy atom. The Labute approximate surface area is 198 Å². The molecule has 0 bridgehead atoms. The molecule has 4 rings (SSSR count). The van der Waals surface area contributed by atoms with Crippen LogP contribution in [-0.2, 0) is 30.5 Å². The van der Waals surface area contributed by atoms with Gasteiger partial charge in [-0.25, -0.2) is 27.5 Å². The standard InChI is InChI=1S/C22H17F8N5O/c23-13-8-15(25)14(24)6-10(13)5-11(31)7-17(36)34-3-4-35-16(9-34)19(33-21(35)22(28,29)30)12-1-2-32-20(27)18(12)26/h1-2,6,8,11H,3-5,7,9,31H2/t11-/m1/s1. The normalized spacial score (nSPS) is 14.6. The van der Waals surface area contributed by atoms with E-state index in [-0.39, 0.29) is 30.8 Å². The zero-order valence-electron chi connectivity index (χ0n) is 18.2. The van der Waals surface area contributed by atoms with E-state index in [0.29, 0.717) is 12.1 Å². The van der Waals surface area contributed by atoms with E-state index in [0.717, 1.165) is 21.7 Å². The van der Waals surface area contributed by atoms with Crippen LogP contribution >= 0.6 is 0 Å². The number of hydrogen-bond acceptors (Lipinski definition) is 4. The van der Waals surface area contributed by atoms with Crippen molar-refractivity contribution < 1.29 is 39.9 Å². The summed E-state index contributed by atoms with van der Waals surface area (Å²) in [6.45, 7) is -0.942. The number of alkyl halides is 3. The van der Waals surface area contributed by atoms with E-state index < -0.39 is 77.4 Å². The number of carbonyl (C=O) groups excluding carboxylic acids is 1. The van der Waals surface area contributed by atoms with E-state index in [4.69, 9.17) is 5.73 Å². The molecule has 0 fully saturated rings. The minimum Gasteiger partial charge on any atom is -0.335 e. The molecule has 0 radical (unpaired) electrons. The van der Waals surface area contributed by atoms with E-state index in [9.17, 15) is 39.9 Å². The Morgan fingerprint density at radius 2 is 1.75 bits per heavy atom. The number of benzene rings is 1. The molecule has 0 saturated carbocycles. The van der Waals surface area contributed by atoms with Crippen LogP contribution in [-0.4, -0.2) is 37.9 Å². The van der Waals surface area contributed by atoms with Gasteiger partial charge in [0.15, 0.2) is 17.5 Å². The number of hydrogen-bond donors (Lipinski definition) is 1. The summed E-state index contributed by atoms with van der Waals surface area (Å²) in [4.78, 5) is 20.6. The molecular formula is C22H17F8N5O. The van der Waals surface area contributed by atoms with Gasteiger partial charge < -0.3 is 15.2 Å². The first-order valence-electron chi connectivity index (χ1n) is 10.5. The molecule has 3 aromatic rings. The second-order valence-electron chi connectivity index (χ2n) is 8.18. The summed E-state index contributed by atoms with van der Waals surface area (Å²) in [7, 11) is 0. The van der Waals surface area contributed by atoms with Crippen LogP contribution in [0.4, 0.5) is 35.1 Å². The summed E-state index contributed by atoms with van der Waals surface area (Å²) in [5.74, 6) is -8.70. The number of nitrogens with zero attached hydrogens (tertiary/aromatic N) is 4. The van der Waals surface area contributed by atoms with Crippen LogP contribution in [0.25, 0.3) is 11.3 Å². The highest BCUT2D eigenvalue weighted by Crippen LogP contribution is 2.36. The van der Waals surface area contributed by atoms with Crippen LogP contribution in [0, 0.1) is 29.2 Å². The molecule has 0 aliphatic carbocycles. The van der Waals surface area contributed by atoms with Crippen molar-refractivity contribution in [1.29, 1.82) is 0 Å². The number of aromatic nitrogens is 3. The van der Waals surface area contributed by atoms with Gasteiger partial charge in [-0.05, 0) is 24.1 Å². The summed E-state index contributed by atoms with van der Waals surface area (Å²) >= 11 is 0. The number of rotatable bonds is 5. The molecule has 0 saturated heterocycles. The lowest BCUT2D eigenvalue weighted by Crippen LogP contribution is -2.42. The second-order valence-corrected chi connectivity index (χ2v) is 8.18. The van der Waals surface area contributed by atoms with Gasteiger partial charge in [0.05, 0.1) is 17.9 Å². The molecule has 3 heterocycles. The van der Waals surface area contributed by atoms with Gasteiger partial charge in [0.25, 0.3) is 0 Å². The predicted molar refractivity (Wildman–Crippen MR) is 108 cm³/mol. The predicted octanol–water partition coefficient (Wildman–Crippen LogP) is 3.96. The minimum atomic E-state index is -4.90. The number of halogens is 8. The smallest absolute Gasteiger partial charge is 0.335 e. The van der Waals surface area contributed by atoms with Crippen LogP contribution < -0.4 is 5.73 Å². The first-order valence-corrected chi connectivity index (χ1v) is 10.5. The van der Waals surface area contributed by atoms with Gasteiger partial charge in [-0.3, -0.25) is 4.79 Å². The summed E-state index contributed by atoms with van der Waals surface area (Å²) in [6, 6.07) is 0.920. The number of pyridine rings is 1. The van der Waals surface area contributed by atoms with E-state index in [2.05, 4.69) is 9.97 Å². The average Bonchev–Trinajstić information content (AvgIpc) is 3.18. The van der Waals surface area contributed by atoms with Crippen molar-refractivity contribution in [3.63, 3.8) is 0 Å². The molecule has 0 unspecified atom stereocenters. The third-order valence-electron chi connectivity index (χ3n) is 5.72. The van der Waals surface area contributed by atoms with Crippen molar-refractivity contribution >= 4 is 5.91 Å². The molecule has 36 heavy (non-hydrogen) atoms. The zero-order valence-corrected chi connectivity index (χ0v) is 18.2. The van der Waals surface area contributed by atoms with Crippen LogP contribution in [0.3, 0.4) is 0 Å². The van der Waals surface area contributed by atoms with Crippen LogP contribution in [0.5, 0.6) is 0 Å². The molecule has 2 aromatic heterocycles. The molecule has 1 aromatic carbocycles. The number of nitrogens with two attached hydrogens (primary N) is 1. The first kappa shape index (κ1) is 25.5. The highest BCUT2D eigenvalue weighted by atomic mass is 19.4. The van der Waals surface area contributed by atoms with E-state index in [1.807, 2.05) is 0 Å². The SMILES string of the molecule is N[C@@H](CC(=O)N1CCn2c(C(F)(F)F)nc(-c3ccnc(F)c3F)c2C1)Cc1cc(F)c(F)cc1F. The molecule has 1 aliphatic rings. The highest BCUT2D eigenvalue weighted by molar-refractivity contribution is 5.77. The van der Waals surface area contributed by atoms with Gasteiger partial charge in [-0.15, -0.1) is 0 Å². The van der Waals surface area contributed by atoms with Crippen LogP contribution in [0.2, 0.25) is 0 Å².